The van der Waals surface area contributed by atoms with E-state index in [1.165, 1.54) is 16.7 Å². The van der Waals surface area contributed by atoms with Gasteiger partial charge in [0.1, 0.15) is 0 Å². The molecule has 0 heterocycles. The number of fused-ring (bicyclic) bond motifs is 1. The van der Waals surface area contributed by atoms with Crippen LogP contribution in [0.2, 0.25) is 0 Å². The predicted octanol–water partition coefficient (Wildman–Crippen LogP) is 3.92. The lowest BCUT2D eigenvalue weighted by Gasteiger charge is -2.11. The maximum atomic E-state index is 11.6. The van der Waals surface area contributed by atoms with Crippen molar-refractivity contribution in [3.8, 4) is 0 Å². The molecule has 2 rings (SSSR count). The molecule has 0 saturated heterocycles. The fourth-order valence-corrected chi connectivity index (χ4v) is 2.66. The molecule has 0 radical (unpaired) electrons. The molecule has 0 fully saturated rings. The zero-order valence-corrected chi connectivity index (χ0v) is 12.7. The molecule has 1 aliphatic rings. The average Bonchev–Trinajstić information content (AvgIpc) is 2.66. The average molecular weight is 273 g/mol. The lowest BCUT2D eigenvalue weighted by Crippen LogP contribution is -2.23. The van der Waals surface area contributed by atoms with Gasteiger partial charge in [0.25, 0.3) is 0 Å². The van der Waals surface area contributed by atoms with Crippen LogP contribution < -0.4 is 5.32 Å². The second-order valence-corrected chi connectivity index (χ2v) is 5.77. The minimum Gasteiger partial charge on any atom is -0.450 e. The summed E-state index contributed by atoms with van der Waals surface area (Å²) in [4.78, 5) is 11.6. The minimum absolute atomic E-state index is 0.371. The molecule has 0 unspecified atom stereocenters. The van der Waals surface area contributed by atoms with Crippen LogP contribution >= 0.6 is 0 Å². The van der Waals surface area contributed by atoms with Crippen LogP contribution in [0.25, 0.3) is 5.70 Å². The third-order valence-corrected chi connectivity index (χ3v) is 3.47. The first kappa shape index (κ1) is 14.6. The van der Waals surface area contributed by atoms with E-state index in [4.69, 9.17) is 4.74 Å². The van der Waals surface area contributed by atoms with Crippen molar-refractivity contribution in [2.75, 3.05) is 6.61 Å². The number of hydrogen-bond donors (Lipinski definition) is 1. The van der Waals surface area contributed by atoms with Gasteiger partial charge in [0.05, 0.1) is 12.3 Å². The van der Waals surface area contributed by atoms with Gasteiger partial charge in [-0.2, -0.15) is 0 Å². The third kappa shape index (κ3) is 3.21. The first-order valence-electron chi connectivity index (χ1n) is 7.27. The molecule has 1 N–H and O–H groups in total. The van der Waals surface area contributed by atoms with Gasteiger partial charge in [-0.1, -0.05) is 26.0 Å². The van der Waals surface area contributed by atoms with E-state index < -0.39 is 0 Å². The van der Waals surface area contributed by atoms with Gasteiger partial charge in [0.2, 0.25) is 0 Å². The molecular weight excluding hydrogens is 250 g/mol. The van der Waals surface area contributed by atoms with Crippen LogP contribution in [0.5, 0.6) is 0 Å². The number of ether oxygens (including phenoxy) is 1. The Balaban J connectivity index is 2.24. The highest BCUT2D eigenvalue weighted by Crippen LogP contribution is 2.32. The fourth-order valence-electron chi connectivity index (χ4n) is 2.66. The van der Waals surface area contributed by atoms with Gasteiger partial charge in [0, 0.05) is 5.56 Å². The molecule has 1 aromatic rings. The Kier molecular flexibility index (Phi) is 4.48. The number of alkyl carbamates (subject to hydrolysis) is 1. The molecule has 1 aliphatic carbocycles. The first-order valence-corrected chi connectivity index (χ1v) is 7.27. The number of allylic oxidation sites excluding steroid dienone is 1. The van der Waals surface area contributed by atoms with Crippen LogP contribution in [-0.4, -0.2) is 12.7 Å². The molecular formula is C17H23NO2. The smallest absolute Gasteiger partial charge is 0.411 e. The molecule has 0 spiro atoms. The summed E-state index contributed by atoms with van der Waals surface area (Å²) in [5.41, 5.74) is 5.85. The molecule has 20 heavy (non-hydrogen) atoms. The Bertz CT molecular complexity index is 544. The molecule has 0 aliphatic heterocycles. The summed E-state index contributed by atoms with van der Waals surface area (Å²) in [5.74, 6) is 0.626. The normalized spacial score (nSPS) is 13.7. The topological polar surface area (TPSA) is 38.3 Å². The largest absolute Gasteiger partial charge is 0.450 e. The Morgan fingerprint density at radius 2 is 2.15 bits per heavy atom. The van der Waals surface area contributed by atoms with Crippen LogP contribution in [0, 0.1) is 5.92 Å². The summed E-state index contributed by atoms with van der Waals surface area (Å²) in [7, 11) is 0. The molecule has 0 aromatic heterocycles. The van der Waals surface area contributed by atoms with E-state index in [9.17, 15) is 4.79 Å². The van der Waals surface area contributed by atoms with E-state index in [2.05, 4.69) is 44.3 Å². The molecule has 1 aromatic carbocycles. The van der Waals surface area contributed by atoms with Crippen molar-refractivity contribution in [1.82, 2.24) is 5.32 Å². The quantitative estimate of drug-likeness (QED) is 0.903. The summed E-state index contributed by atoms with van der Waals surface area (Å²) < 4.78 is 4.98. The summed E-state index contributed by atoms with van der Waals surface area (Å²) in [6.45, 7) is 8.68. The number of benzene rings is 1. The molecule has 3 nitrogen and oxygen atoms in total. The minimum atomic E-state index is -0.371. The predicted molar refractivity (Wildman–Crippen MR) is 81.4 cm³/mol. The number of nitrogens with one attached hydrogen (secondary N) is 1. The van der Waals surface area contributed by atoms with Gasteiger partial charge in [-0.3, -0.25) is 5.32 Å². The van der Waals surface area contributed by atoms with Crippen molar-refractivity contribution >= 4 is 11.8 Å². The van der Waals surface area contributed by atoms with Crippen LogP contribution in [0.1, 0.15) is 44.4 Å². The zero-order valence-electron chi connectivity index (χ0n) is 12.7. The molecule has 0 saturated carbocycles. The maximum absolute atomic E-state index is 11.6. The number of carbonyl (C=O) groups excluding carboxylic acids is 1. The highest BCUT2D eigenvalue weighted by Gasteiger charge is 2.21. The van der Waals surface area contributed by atoms with Crippen molar-refractivity contribution < 1.29 is 9.53 Å². The Labute approximate surface area is 121 Å². The second-order valence-electron chi connectivity index (χ2n) is 5.77. The van der Waals surface area contributed by atoms with E-state index >= 15 is 0 Å². The Hall–Kier alpha value is -1.77. The number of rotatable bonds is 4. The van der Waals surface area contributed by atoms with Gasteiger partial charge >= 0.3 is 6.09 Å². The van der Waals surface area contributed by atoms with Gasteiger partial charge in [0.15, 0.2) is 0 Å². The molecule has 108 valence electrons. The number of amides is 1. The second kappa shape index (κ2) is 6.12. The van der Waals surface area contributed by atoms with Crippen LogP contribution in [0.3, 0.4) is 0 Å². The lowest BCUT2D eigenvalue weighted by atomic mass is 9.98. The summed E-state index contributed by atoms with van der Waals surface area (Å²) in [6, 6.07) is 6.57. The zero-order chi connectivity index (χ0) is 14.7. The van der Waals surface area contributed by atoms with Gasteiger partial charge in [-0.25, -0.2) is 4.79 Å². The van der Waals surface area contributed by atoms with Crippen LogP contribution in [0.15, 0.2) is 23.8 Å². The van der Waals surface area contributed by atoms with Crippen LogP contribution in [0.4, 0.5) is 4.79 Å². The van der Waals surface area contributed by atoms with Gasteiger partial charge < -0.3 is 4.74 Å². The summed E-state index contributed by atoms with van der Waals surface area (Å²) >= 11 is 0. The number of hydrogen-bond acceptors (Lipinski definition) is 2. The Morgan fingerprint density at radius 1 is 1.40 bits per heavy atom. The van der Waals surface area contributed by atoms with E-state index in [0.29, 0.717) is 12.5 Å². The lowest BCUT2D eigenvalue weighted by molar-refractivity contribution is 0.157. The molecule has 3 heteroatoms. The molecule has 0 atom stereocenters. The molecule has 0 bridgehead atoms. The van der Waals surface area contributed by atoms with Crippen molar-refractivity contribution in [1.29, 1.82) is 0 Å². The first-order chi connectivity index (χ1) is 9.51. The van der Waals surface area contributed by atoms with Crippen molar-refractivity contribution in [2.45, 2.75) is 40.5 Å². The van der Waals surface area contributed by atoms with Crippen molar-refractivity contribution in [3.05, 3.63) is 40.5 Å². The van der Waals surface area contributed by atoms with E-state index in [0.717, 1.165) is 24.1 Å². The monoisotopic (exact) mass is 273 g/mol. The third-order valence-electron chi connectivity index (χ3n) is 3.47. The van der Waals surface area contributed by atoms with E-state index in [1.807, 2.05) is 6.92 Å². The summed E-state index contributed by atoms with van der Waals surface area (Å²) in [5, 5.41) is 2.88. The van der Waals surface area contributed by atoms with Crippen LogP contribution in [-0.2, 0) is 17.6 Å². The SMILES string of the molecule is CCOC(=O)NC1=C(C)Cc2ccc(CC(C)C)cc21. The fraction of sp³-hybridized carbons (Fsp3) is 0.471. The highest BCUT2D eigenvalue weighted by molar-refractivity contribution is 5.86. The maximum Gasteiger partial charge on any atom is 0.411 e. The number of carbonyl (C=O) groups is 1. The standard InChI is InChI=1S/C17H23NO2/c1-5-20-17(19)18-16-12(4)9-14-7-6-13(8-11(2)3)10-15(14)16/h6-7,10-11H,5,8-9H2,1-4H3,(H,18,19). The van der Waals surface area contributed by atoms with E-state index in [-0.39, 0.29) is 6.09 Å². The highest BCUT2D eigenvalue weighted by atomic mass is 16.5. The Morgan fingerprint density at radius 3 is 2.80 bits per heavy atom. The van der Waals surface area contributed by atoms with Gasteiger partial charge in [-0.05, 0) is 55.4 Å². The molecule has 1 amide bonds. The summed E-state index contributed by atoms with van der Waals surface area (Å²) in [6.07, 6.45) is 1.59. The van der Waals surface area contributed by atoms with E-state index in [1.54, 1.807) is 0 Å². The van der Waals surface area contributed by atoms with Crippen molar-refractivity contribution in [3.63, 3.8) is 0 Å². The van der Waals surface area contributed by atoms with Gasteiger partial charge in [-0.15, -0.1) is 0 Å². The van der Waals surface area contributed by atoms with Crippen molar-refractivity contribution in [2.24, 2.45) is 5.92 Å².